The molecule has 0 saturated heterocycles. The van der Waals surface area contributed by atoms with Crippen molar-refractivity contribution in [2.24, 2.45) is 0 Å². The third-order valence-corrected chi connectivity index (χ3v) is 2.58. The number of anilines is 2. The highest BCUT2D eigenvalue weighted by atomic mass is 16.3. The van der Waals surface area contributed by atoms with Gasteiger partial charge in [0.05, 0.1) is 6.61 Å². The van der Waals surface area contributed by atoms with Crippen LogP contribution in [0.15, 0.2) is 0 Å². The first-order valence-corrected chi connectivity index (χ1v) is 6.06. The highest BCUT2D eigenvalue weighted by Crippen LogP contribution is 2.20. The minimum atomic E-state index is -1.16. The van der Waals surface area contributed by atoms with Gasteiger partial charge in [0.25, 0.3) is 0 Å². The highest BCUT2D eigenvalue weighted by Gasteiger charge is 2.19. The summed E-state index contributed by atoms with van der Waals surface area (Å²) >= 11 is 0. The van der Waals surface area contributed by atoms with Crippen LogP contribution in [0.3, 0.4) is 0 Å². The van der Waals surface area contributed by atoms with Gasteiger partial charge in [0.15, 0.2) is 0 Å². The van der Waals surface area contributed by atoms with Crippen molar-refractivity contribution in [1.29, 1.82) is 0 Å². The van der Waals surface area contributed by atoms with E-state index in [1.54, 1.807) is 6.92 Å². The lowest BCUT2D eigenvalue weighted by atomic mass is 10.1. The van der Waals surface area contributed by atoms with E-state index in [0.717, 1.165) is 17.9 Å². The van der Waals surface area contributed by atoms with Gasteiger partial charge >= 0.3 is 0 Å². The van der Waals surface area contributed by atoms with Gasteiger partial charge in [0.1, 0.15) is 23.1 Å². The van der Waals surface area contributed by atoms with Gasteiger partial charge in [-0.2, -0.15) is 0 Å². The standard InChI is InChI=1S/C12H22N4O2/c1-5-13-10-8(2)11(16-9(3)15-10)14-6-12(4,18)7-17/h17-18H,5-7H2,1-4H3,(H2,13,14,15,16). The lowest BCUT2D eigenvalue weighted by Gasteiger charge is -2.22. The van der Waals surface area contributed by atoms with Crippen molar-refractivity contribution < 1.29 is 10.2 Å². The zero-order valence-corrected chi connectivity index (χ0v) is 11.4. The SMILES string of the molecule is CCNc1nc(C)nc(NCC(C)(O)CO)c1C. The number of aliphatic hydroxyl groups excluding tert-OH is 1. The first kappa shape index (κ1) is 14.7. The minimum absolute atomic E-state index is 0.229. The fourth-order valence-corrected chi connectivity index (χ4v) is 1.47. The Bertz CT molecular complexity index is 407. The fourth-order valence-electron chi connectivity index (χ4n) is 1.47. The van der Waals surface area contributed by atoms with Crippen molar-refractivity contribution >= 4 is 11.6 Å². The van der Waals surface area contributed by atoms with E-state index >= 15 is 0 Å². The molecule has 0 spiro atoms. The summed E-state index contributed by atoms with van der Waals surface area (Å²) in [6, 6.07) is 0. The Hall–Kier alpha value is -1.40. The Labute approximate surface area is 107 Å². The molecule has 6 nitrogen and oxygen atoms in total. The van der Waals surface area contributed by atoms with Crippen LogP contribution in [-0.2, 0) is 0 Å². The average Bonchev–Trinajstić information content (AvgIpc) is 2.32. The van der Waals surface area contributed by atoms with E-state index in [0.29, 0.717) is 11.6 Å². The molecule has 1 atom stereocenters. The second-order valence-electron chi connectivity index (χ2n) is 4.63. The number of hydrogen-bond acceptors (Lipinski definition) is 6. The van der Waals surface area contributed by atoms with Crippen LogP contribution >= 0.6 is 0 Å². The lowest BCUT2D eigenvalue weighted by molar-refractivity contribution is 0.0131. The van der Waals surface area contributed by atoms with Crippen molar-refractivity contribution in [3.05, 3.63) is 11.4 Å². The second-order valence-corrected chi connectivity index (χ2v) is 4.63. The van der Waals surface area contributed by atoms with E-state index in [1.807, 2.05) is 20.8 Å². The van der Waals surface area contributed by atoms with Crippen LogP contribution < -0.4 is 10.6 Å². The molecule has 18 heavy (non-hydrogen) atoms. The van der Waals surface area contributed by atoms with Gasteiger partial charge in [-0.25, -0.2) is 9.97 Å². The molecule has 1 heterocycles. The Morgan fingerprint density at radius 1 is 1.17 bits per heavy atom. The van der Waals surface area contributed by atoms with Crippen LogP contribution in [0.2, 0.25) is 0 Å². The molecule has 0 amide bonds. The van der Waals surface area contributed by atoms with Gasteiger partial charge in [-0.05, 0) is 27.7 Å². The molecular formula is C12H22N4O2. The van der Waals surface area contributed by atoms with E-state index in [4.69, 9.17) is 5.11 Å². The normalized spacial score (nSPS) is 14.1. The van der Waals surface area contributed by atoms with Gasteiger partial charge in [-0.1, -0.05) is 0 Å². The van der Waals surface area contributed by atoms with E-state index < -0.39 is 5.60 Å². The van der Waals surface area contributed by atoms with Gasteiger partial charge in [-0.15, -0.1) is 0 Å². The van der Waals surface area contributed by atoms with E-state index in [-0.39, 0.29) is 13.2 Å². The summed E-state index contributed by atoms with van der Waals surface area (Å²) < 4.78 is 0. The number of rotatable bonds is 6. The van der Waals surface area contributed by atoms with Crippen LogP contribution in [0.4, 0.5) is 11.6 Å². The first-order valence-electron chi connectivity index (χ1n) is 6.06. The smallest absolute Gasteiger partial charge is 0.134 e. The molecule has 4 N–H and O–H groups in total. The molecule has 6 heteroatoms. The van der Waals surface area contributed by atoms with Crippen molar-refractivity contribution in [1.82, 2.24) is 9.97 Å². The van der Waals surface area contributed by atoms with Crippen LogP contribution in [0, 0.1) is 13.8 Å². The van der Waals surface area contributed by atoms with Gasteiger partial charge in [-0.3, -0.25) is 0 Å². The monoisotopic (exact) mass is 254 g/mol. The maximum absolute atomic E-state index is 9.75. The average molecular weight is 254 g/mol. The van der Waals surface area contributed by atoms with Crippen molar-refractivity contribution in [2.75, 3.05) is 30.3 Å². The predicted molar refractivity (Wildman–Crippen MR) is 71.9 cm³/mol. The summed E-state index contributed by atoms with van der Waals surface area (Å²) in [5.74, 6) is 2.12. The maximum Gasteiger partial charge on any atom is 0.134 e. The molecule has 0 aliphatic rings. The second kappa shape index (κ2) is 5.97. The predicted octanol–water partition coefficient (Wildman–Crippen LogP) is 0.680. The summed E-state index contributed by atoms with van der Waals surface area (Å²) in [7, 11) is 0. The van der Waals surface area contributed by atoms with Crippen LogP contribution in [-0.4, -0.2) is 45.5 Å². The molecule has 1 aromatic heterocycles. The minimum Gasteiger partial charge on any atom is -0.393 e. The largest absolute Gasteiger partial charge is 0.393 e. The molecule has 0 aliphatic heterocycles. The lowest BCUT2D eigenvalue weighted by Crippen LogP contribution is -2.37. The molecule has 1 rings (SSSR count). The highest BCUT2D eigenvalue weighted by molar-refractivity contribution is 5.57. The molecule has 0 saturated carbocycles. The Balaban J connectivity index is 2.88. The Morgan fingerprint density at radius 3 is 2.22 bits per heavy atom. The molecular weight excluding hydrogens is 232 g/mol. The number of hydrogen-bond donors (Lipinski definition) is 4. The Kier molecular flexibility index (Phi) is 4.86. The summed E-state index contributed by atoms with van der Waals surface area (Å²) in [5, 5.41) is 25.0. The van der Waals surface area contributed by atoms with Crippen LogP contribution in [0.25, 0.3) is 0 Å². The van der Waals surface area contributed by atoms with Gasteiger partial charge in [0.2, 0.25) is 0 Å². The molecule has 0 aromatic carbocycles. The molecule has 0 aliphatic carbocycles. The first-order chi connectivity index (χ1) is 8.39. The molecule has 0 radical (unpaired) electrons. The fraction of sp³-hybridized carbons (Fsp3) is 0.667. The maximum atomic E-state index is 9.75. The molecule has 1 unspecified atom stereocenters. The van der Waals surface area contributed by atoms with Gasteiger partial charge < -0.3 is 20.8 Å². The third kappa shape index (κ3) is 3.82. The summed E-state index contributed by atoms with van der Waals surface area (Å²) in [5.41, 5.74) is -0.264. The molecule has 102 valence electrons. The third-order valence-electron chi connectivity index (χ3n) is 2.58. The van der Waals surface area contributed by atoms with Crippen LogP contribution in [0.1, 0.15) is 25.2 Å². The number of nitrogens with zero attached hydrogens (tertiary/aromatic N) is 2. The van der Waals surface area contributed by atoms with Crippen molar-refractivity contribution in [2.45, 2.75) is 33.3 Å². The van der Waals surface area contributed by atoms with E-state index in [9.17, 15) is 5.11 Å². The summed E-state index contributed by atoms with van der Waals surface area (Å²) in [4.78, 5) is 8.61. The zero-order valence-electron chi connectivity index (χ0n) is 11.4. The van der Waals surface area contributed by atoms with Crippen molar-refractivity contribution in [3.63, 3.8) is 0 Å². The number of aromatic nitrogens is 2. The van der Waals surface area contributed by atoms with E-state index in [1.165, 1.54) is 0 Å². The number of nitrogens with one attached hydrogen (secondary N) is 2. The number of aryl methyl sites for hydroxylation is 1. The summed E-state index contributed by atoms with van der Waals surface area (Å²) in [6.07, 6.45) is 0. The van der Waals surface area contributed by atoms with Gasteiger partial charge in [0, 0.05) is 18.7 Å². The van der Waals surface area contributed by atoms with E-state index in [2.05, 4.69) is 20.6 Å². The number of aliphatic hydroxyl groups is 2. The Morgan fingerprint density at radius 2 is 1.72 bits per heavy atom. The van der Waals surface area contributed by atoms with Crippen LogP contribution in [0.5, 0.6) is 0 Å². The quantitative estimate of drug-likeness (QED) is 0.597. The summed E-state index contributed by atoms with van der Waals surface area (Å²) in [6.45, 7) is 8.00. The topological polar surface area (TPSA) is 90.3 Å². The molecule has 0 bridgehead atoms. The molecule has 0 fully saturated rings. The zero-order chi connectivity index (χ0) is 13.8. The molecule has 1 aromatic rings. The van der Waals surface area contributed by atoms with Crippen molar-refractivity contribution in [3.8, 4) is 0 Å².